The maximum atomic E-state index is 5.99. The zero-order valence-electron chi connectivity index (χ0n) is 10.8. The third-order valence-electron chi connectivity index (χ3n) is 2.64. The maximum absolute atomic E-state index is 5.99. The van der Waals surface area contributed by atoms with Crippen molar-refractivity contribution in [2.24, 2.45) is 0 Å². The average Bonchev–Trinajstić information content (AvgIpc) is 2.36. The summed E-state index contributed by atoms with van der Waals surface area (Å²) in [6.45, 7) is 4.70. The Morgan fingerprint density at radius 3 is 2.72 bits per heavy atom. The quantitative estimate of drug-likeness (QED) is 0.674. The lowest BCUT2D eigenvalue weighted by Crippen LogP contribution is -2.22. The number of ether oxygens (including phenoxy) is 1. The van der Waals surface area contributed by atoms with Crippen LogP contribution in [0.2, 0.25) is 10.0 Å². The van der Waals surface area contributed by atoms with Crippen molar-refractivity contribution in [3.63, 3.8) is 0 Å². The van der Waals surface area contributed by atoms with Crippen LogP contribution in [0.15, 0.2) is 18.2 Å². The van der Waals surface area contributed by atoms with Crippen LogP contribution in [-0.2, 0) is 0 Å². The fourth-order valence-corrected chi connectivity index (χ4v) is 1.96. The molecule has 0 spiro atoms. The Balaban J connectivity index is 2.09. The first-order valence-corrected chi connectivity index (χ1v) is 7.28. The molecule has 0 amide bonds. The Hall–Kier alpha value is -0.440. The molecule has 0 atom stereocenters. The highest BCUT2D eigenvalue weighted by Gasteiger charge is 2.01. The SMILES string of the molecule is CCCCCCNCCOc1cc(Cl)ccc1Cl. The van der Waals surface area contributed by atoms with E-state index >= 15 is 0 Å². The lowest BCUT2D eigenvalue weighted by atomic mass is 10.2. The molecule has 1 N–H and O–H groups in total. The molecule has 2 nitrogen and oxygen atoms in total. The first kappa shape index (κ1) is 15.6. The smallest absolute Gasteiger partial charge is 0.139 e. The molecule has 0 aliphatic carbocycles. The molecule has 102 valence electrons. The second-order valence-corrected chi connectivity index (χ2v) is 5.08. The molecule has 0 radical (unpaired) electrons. The van der Waals surface area contributed by atoms with Crippen molar-refractivity contribution >= 4 is 23.2 Å². The Bertz CT molecular complexity index is 345. The summed E-state index contributed by atoms with van der Waals surface area (Å²) in [6.07, 6.45) is 5.11. The van der Waals surface area contributed by atoms with E-state index in [1.165, 1.54) is 25.7 Å². The van der Waals surface area contributed by atoms with Gasteiger partial charge in [0.05, 0.1) is 5.02 Å². The monoisotopic (exact) mass is 289 g/mol. The molecule has 1 rings (SSSR count). The van der Waals surface area contributed by atoms with E-state index in [0.29, 0.717) is 22.4 Å². The van der Waals surface area contributed by atoms with Gasteiger partial charge in [0.1, 0.15) is 12.4 Å². The van der Waals surface area contributed by atoms with Crippen molar-refractivity contribution < 1.29 is 4.74 Å². The Morgan fingerprint density at radius 1 is 1.11 bits per heavy atom. The van der Waals surface area contributed by atoms with Crippen LogP contribution < -0.4 is 10.1 Å². The molecule has 1 aromatic rings. The summed E-state index contributed by atoms with van der Waals surface area (Å²) < 4.78 is 5.57. The third-order valence-corrected chi connectivity index (χ3v) is 3.18. The van der Waals surface area contributed by atoms with Gasteiger partial charge in [-0.15, -0.1) is 0 Å². The van der Waals surface area contributed by atoms with E-state index in [1.54, 1.807) is 18.2 Å². The van der Waals surface area contributed by atoms with Crippen molar-refractivity contribution in [3.05, 3.63) is 28.2 Å². The molecular weight excluding hydrogens is 269 g/mol. The minimum absolute atomic E-state index is 0.599. The van der Waals surface area contributed by atoms with E-state index in [-0.39, 0.29) is 0 Å². The van der Waals surface area contributed by atoms with Gasteiger partial charge < -0.3 is 10.1 Å². The molecule has 0 bridgehead atoms. The zero-order chi connectivity index (χ0) is 13.2. The van der Waals surface area contributed by atoms with Gasteiger partial charge in [-0.3, -0.25) is 0 Å². The highest BCUT2D eigenvalue weighted by molar-refractivity contribution is 6.34. The molecule has 4 heteroatoms. The van der Waals surface area contributed by atoms with E-state index in [2.05, 4.69) is 12.2 Å². The summed E-state index contributed by atoms with van der Waals surface area (Å²) in [5.41, 5.74) is 0. The molecule has 18 heavy (non-hydrogen) atoms. The number of unbranched alkanes of at least 4 members (excludes halogenated alkanes) is 3. The molecule has 0 heterocycles. The molecule has 0 aliphatic rings. The van der Waals surface area contributed by atoms with Gasteiger partial charge in [0.2, 0.25) is 0 Å². The number of nitrogens with one attached hydrogen (secondary N) is 1. The number of halogens is 2. The minimum Gasteiger partial charge on any atom is -0.491 e. The number of hydrogen-bond donors (Lipinski definition) is 1. The van der Waals surface area contributed by atoms with Crippen LogP contribution in [0, 0.1) is 0 Å². The van der Waals surface area contributed by atoms with Crippen LogP contribution >= 0.6 is 23.2 Å². The van der Waals surface area contributed by atoms with Gasteiger partial charge in [-0.25, -0.2) is 0 Å². The van der Waals surface area contributed by atoms with Crippen LogP contribution in [0.1, 0.15) is 32.6 Å². The maximum Gasteiger partial charge on any atom is 0.139 e. The largest absolute Gasteiger partial charge is 0.491 e. The molecule has 0 fully saturated rings. The van der Waals surface area contributed by atoms with Crippen molar-refractivity contribution in [1.29, 1.82) is 0 Å². The fraction of sp³-hybridized carbons (Fsp3) is 0.571. The standard InChI is InChI=1S/C14H21Cl2NO/c1-2-3-4-5-8-17-9-10-18-14-11-12(15)6-7-13(14)16/h6-7,11,17H,2-5,8-10H2,1H3. The van der Waals surface area contributed by atoms with Crippen LogP contribution in [-0.4, -0.2) is 19.7 Å². The van der Waals surface area contributed by atoms with Crippen LogP contribution in [0.5, 0.6) is 5.75 Å². The lowest BCUT2D eigenvalue weighted by molar-refractivity contribution is 0.313. The van der Waals surface area contributed by atoms with Gasteiger partial charge in [0, 0.05) is 17.6 Å². The molecular formula is C14H21Cl2NO. The van der Waals surface area contributed by atoms with E-state index in [0.717, 1.165) is 13.1 Å². The number of hydrogen-bond acceptors (Lipinski definition) is 2. The summed E-state index contributed by atoms with van der Waals surface area (Å²) >= 11 is 11.9. The summed E-state index contributed by atoms with van der Waals surface area (Å²) in [5.74, 6) is 0.650. The second kappa shape index (κ2) is 9.48. The van der Waals surface area contributed by atoms with Gasteiger partial charge in [0.15, 0.2) is 0 Å². The number of rotatable bonds is 9. The van der Waals surface area contributed by atoms with Gasteiger partial charge in [-0.2, -0.15) is 0 Å². The summed E-state index contributed by atoms with van der Waals surface area (Å²) in [7, 11) is 0. The Morgan fingerprint density at radius 2 is 1.94 bits per heavy atom. The van der Waals surface area contributed by atoms with E-state index < -0.39 is 0 Å². The average molecular weight is 290 g/mol. The highest BCUT2D eigenvalue weighted by atomic mass is 35.5. The predicted octanol–water partition coefficient (Wildman–Crippen LogP) is 4.54. The van der Waals surface area contributed by atoms with E-state index in [1.807, 2.05) is 0 Å². The summed E-state index contributed by atoms with van der Waals surface area (Å²) in [6, 6.07) is 5.24. The van der Waals surface area contributed by atoms with Crippen LogP contribution in [0.3, 0.4) is 0 Å². The Labute approximate surface area is 120 Å². The van der Waals surface area contributed by atoms with Crippen molar-refractivity contribution in [2.45, 2.75) is 32.6 Å². The Kier molecular flexibility index (Phi) is 8.23. The topological polar surface area (TPSA) is 21.3 Å². The number of benzene rings is 1. The van der Waals surface area contributed by atoms with Crippen molar-refractivity contribution in [1.82, 2.24) is 5.32 Å². The molecule has 0 aromatic heterocycles. The predicted molar refractivity (Wildman–Crippen MR) is 79.0 cm³/mol. The van der Waals surface area contributed by atoms with Gasteiger partial charge in [0.25, 0.3) is 0 Å². The molecule has 0 aliphatic heterocycles. The van der Waals surface area contributed by atoms with Gasteiger partial charge in [-0.1, -0.05) is 49.4 Å². The van der Waals surface area contributed by atoms with Gasteiger partial charge in [-0.05, 0) is 25.1 Å². The van der Waals surface area contributed by atoms with Crippen LogP contribution in [0.25, 0.3) is 0 Å². The first-order valence-electron chi connectivity index (χ1n) is 6.52. The first-order chi connectivity index (χ1) is 8.74. The summed E-state index contributed by atoms with van der Waals surface area (Å²) in [5, 5.41) is 4.59. The third kappa shape index (κ3) is 6.48. The van der Waals surface area contributed by atoms with Gasteiger partial charge >= 0.3 is 0 Å². The van der Waals surface area contributed by atoms with Crippen molar-refractivity contribution in [2.75, 3.05) is 19.7 Å². The normalized spacial score (nSPS) is 10.6. The second-order valence-electron chi connectivity index (χ2n) is 4.23. The molecule has 0 unspecified atom stereocenters. The zero-order valence-corrected chi connectivity index (χ0v) is 12.4. The van der Waals surface area contributed by atoms with Crippen molar-refractivity contribution in [3.8, 4) is 5.75 Å². The van der Waals surface area contributed by atoms with E-state index in [9.17, 15) is 0 Å². The molecule has 0 saturated heterocycles. The molecule has 1 aromatic carbocycles. The van der Waals surface area contributed by atoms with Crippen LogP contribution in [0.4, 0.5) is 0 Å². The fourth-order valence-electron chi connectivity index (χ4n) is 1.62. The summed E-state index contributed by atoms with van der Waals surface area (Å²) in [4.78, 5) is 0. The molecule has 0 saturated carbocycles. The highest BCUT2D eigenvalue weighted by Crippen LogP contribution is 2.27. The van der Waals surface area contributed by atoms with E-state index in [4.69, 9.17) is 27.9 Å². The minimum atomic E-state index is 0.599. The lowest BCUT2D eigenvalue weighted by Gasteiger charge is -2.09.